The van der Waals surface area contributed by atoms with Crippen LogP contribution in [0.4, 0.5) is 0 Å². The van der Waals surface area contributed by atoms with Crippen LogP contribution in [0, 0.1) is 4.64 Å². The van der Waals surface area contributed by atoms with E-state index in [1.54, 1.807) is 11.9 Å². The minimum absolute atomic E-state index is 0.744. The van der Waals surface area contributed by atoms with Gasteiger partial charge < -0.3 is 0 Å². The second kappa shape index (κ2) is 5.08. The van der Waals surface area contributed by atoms with Crippen molar-refractivity contribution in [2.75, 3.05) is 0 Å². The first-order valence-electron chi connectivity index (χ1n) is 4.94. The minimum Gasteiger partial charge on any atom is -0.291 e. The normalized spacial score (nSPS) is 10.6. The van der Waals surface area contributed by atoms with Gasteiger partial charge in [0.2, 0.25) is 0 Å². The van der Waals surface area contributed by atoms with Crippen molar-refractivity contribution in [1.82, 2.24) is 9.19 Å². The van der Waals surface area contributed by atoms with Gasteiger partial charge >= 0.3 is 0 Å². The number of aromatic nitrogens is 2. The lowest BCUT2D eigenvalue weighted by molar-refractivity contribution is 0.924. The fourth-order valence-electron chi connectivity index (χ4n) is 1.28. The summed E-state index contributed by atoms with van der Waals surface area (Å²) >= 11 is 12.6. The maximum absolute atomic E-state index is 5.83. The van der Waals surface area contributed by atoms with Crippen molar-refractivity contribution in [3.05, 3.63) is 45.7 Å². The van der Waals surface area contributed by atoms with Gasteiger partial charge in [0.25, 0.3) is 0 Å². The van der Waals surface area contributed by atoms with Crippen molar-refractivity contribution < 1.29 is 0 Å². The number of aromatic amines is 1. The molecule has 0 radical (unpaired) electrons. The molecule has 1 aromatic carbocycles. The summed E-state index contributed by atoms with van der Waals surface area (Å²) < 4.78 is 2.69. The Labute approximate surface area is 109 Å². The van der Waals surface area contributed by atoms with Crippen LogP contribution in [0.15, 0.2) is 35.2 Å². The molecule has 0 aliphatic heterocycles. The van der Waals surface area contributed by atoms with Crippen molar-refractivity contribution in [3.8, 4) is 0 Å². The van der Waals surface area contributed by atoms with E-state index in [-0.39, 0.29) is 0 Å². The lowest BCUT2D eigenvalue weighted by atomic mass is 10.4. The number of H-pyrrole nitrogens is 1. The van der Waals surface area contributed by atoms with Crippen LogP contribution in [-0.2, 0) is 6.42 Å². The Morgan fingerprint density at radius 1 is 1.38 bits per heavy atom. The summed E-state index contributed by atoms with van der Waals surface area (Å²) in [7, 11) is 0. The summed E-state index contributed by atoms with van der Waals surface area (Å²) in [5.74, 6) is 0. The molecule has 1 aromatic heterocycles. The molecule has 1 heterocycles. The molecule has 0 fully saturated rings. The highest BCUT2D eigenvalue weighted by molar-refractivity contribution is 7.98. The zero-order valence-electron chi connectivity index (χ0n) is 8.74. The molecule has 0 aliphatic rings. The standard InChI is InChI=1S/C11H11ClN2S2/c1-2-9-7-11(15)14(13-9)16-10-5-3-8(12)4-6-10/h3-7,13H,2H2,1H3. The van der Waals surface area contributed by atoms with Crippen LogP contribution in [0.25, 0.3) is 0 Å². The smallest absolute Gasteiger partial charge is 0.135 e. The molecule has 2 rings (SSSR count). The number of rotatable bonds is 3. The predicted molar refractivity (Wildman–Crippen MR) is 71.7 cm³/mol. The topological polar surface area (TPSA) is 20.7 Å². The van der Waals surface area contributed by atoms with Gasteiger partial charge in [0, 0.05) is 27.6 Å². The summed E-state index contributed by atoms with van der Waals surface area (Å²) in [5, 5.41) is 3.98. The minimum atomic E-state index is 0.744. The fourth-order valence-corrected chi connectivity index (χ4v) is 2.48. The molecule has 5 heteroatoms. The lowest BCUT2D eigenvalue weighted by Crippen LogP contribution is -1.90. The van der Waals surface area contributed by atoms with Crippen LogP contribution >= 0.6 is 35.8 Å². The van der Waals surface area contributed by atoms with Crippen molar-refractivity contribution in [2.24, 2.45) is 0 Å². The predicted octanol–water partition coefficient (Wildman–Crippen LogP) is 4.32. The SMILES string of the molecule is CCc1cc(=S)n(Sc2ccc(Cl)cc2)[nH]1. The lowest BCUT2D eigenvalue weighted by Gasteiger charge is -2.02. The second-order valence-corrected chi connectivity index (χ2v) is 5.19. The van der Waals surface area contributed by atoms with Gasteiger partial charge in [0.15, 0.2) is 0 Å². The highest BCUT2D eigenvalue weighted by atomic mass is 35.5. The number of hydrogen-bond acceptors (Lipinski definition) is 2. The van der Waals surface area contributed by atoms with E-state index in [2.05, 4.69) is 12.0 Å². The van der Waals surface area contributed by atoms with E-state index in [0.717, 1.165) is 26.7 Å². The summed E-state index contributed by atoms with van der Waals surface area (Å²) in [6.45, 7) is 2.10. The summed E-state index contributed by atoms with van der Waals surface area (Å²) in [5.41, 5.74) is 1.14. The fraction of sp³-hybridized carbons (Fsp3) is 0.182. The first kappa shape index (κ1) is 11.8. The van der Waals surface area contributed by atoms with E-state index < -0.39 is 0 Å². The van der Waals surface area contributed by atoms with Crippen LogP contribution in [0.3, 0.4) is 0 Å². The Morgan fingerprint density at radius 3 is 2.62 bits per heavy atom. The van der Waals surface area contributed by atoms with Gasteiger partial charge in [-0.3, -0.25) is 5.10 Å². The summed E-state index contributed by atoms with van der Waals surface area (Å²) in [6, 6.07) is 9.68. The number of nitrogens with zero attached hydrogens (tertiary/aromatic N) is 1. The van der Waals surface area contributed by atoms with Crippen LogP contribution in [0.2, 0.25) is 5.02 Å². The molecule has 0 amide bonds. The van der Waals surface area contributed by atoms with Crippen molar-refractivity contribution in [2.45, 2.75) is 18.2 Å². The molecule has 0 saturated heterocycles. The number of benzene rings is 1. The highest BCUT2D eigenvalue weighted by Crippen LogP contribution is 2.22. The Balaban J connectivity index is 2.23. The first-order valence-corrected chi connectivity index (χ1v) is 6.50. The van der Waals surface area contributed by atoms with E-state index in [1.165, 1.54) is 0 Å². The second-order valence-electron chi connectivity index (χ2n) is 3.31. The Hall–Kier alpha value is -0.710. The van der Waals surface area contributed by atoms with Crippen LogP contribution in [-0.4, -0.2) is 9.19 Å². The molecular weight excluding hydrogens is 260 g/mol. The molecule has 2 aromatic rings. The first-order chi connectivity index (χ1) is 7.69. The van der Waals surface area contributed by atoms with Crippen LogP contribution in [0.1, 0.15) is 12.6 Å². The largest absolute Gasteiger partial charge is 0.291 e. The molecular formula is C11H11ClN2S2. The van der Waals surface area contributed by atoms with E-state index >= 15 is 0 Å². The van der Waals surface area contributed by atoms with Crippen LogP contribution in [0.5, 0.6) is 0 Å². The van der Waals surface area contributed by atoms with Crippen molar-refractivity contribution >= 4 is 35.8 Å². The van der Waals surface area contributed by atoms with Gasteiger partial charge in [-0.2, -0.15) is 0 Å². The molecule has 0 saturated carbocycles. The third-order valence-corrected chi connectivity index (χ3v) is 3.76. The maximum Gasteiger partial charge on any atom is 0.135 e. The van der Waals surface area contributed by atoms with E-state index in [0.29, 0.717) is 0 Å². The average Bonchev–Trinajstić information content (AvgIpc) is 2.63. The number of hydrogen-bond donors (Lipinski definition) is 1. The van der Waals surface area contributed by atoms with Crippen molar-refractivity contribution in [3.63, 3.8) is 0 Å². The Bertz CT molecular complexity index is 528. The molecule has 84 valence electrons. The molecule has 2 nitrogen and oxygen atoms in total. The third kappa shape index (κ3) is 2.70. The quantitative estimate of drug-likeness (QED) is 0.839. The van der Waals surface area contributed by atoms with Gasteiger partial charge in [-0.15, -0.1) is 0 Å². The molecule has 0 spiro atoms. The maximum atomic E-state index is 5.83. The number of halogens is 1. The van der Waals surface area contributed by atoms with Crippen LogP contribution < -0.4 is 0 Å². The summed E-state index contributed by atoms with van der Waals surface area (Å²) in [4.78, 5) is 1.10. The zero-order valence-corrected chi connectivity index (χ0v) is 11.1. The van der Waals surface area contributed by atoms with Gasteiger partial charge in [0.1, 0.15) is 4.64 Å². The molecule has 0 unspecified atom stereocenters. The average molecular weight is 271 g/mol. The van der Waals surface area contributed by atoms with Gasteiger partial charge in [-0.05, 0) is 36.8 Å². The van der Waals surface area contributed by atoms with Gasteiger partial charge in [0.05, 0.1) is 0 Å². The highest BCUT2D eigenvalue weighted by Gasteiger charge is 2.01. The van der Waals surface area contributed by atoms with E-state index in [1.807, 2.05) is 34.4 Å². The molecule has 0 atom stereocenters. The molecule has 16 heavy (non-hydrogen) atoms. The van der Waals surface area contributed by atoms with E-state index in [4.69, 9.17) is 23.8 Å². The third-order valence-electron chi connectivity index (χ3n) is 2.13. The molecule has 0 aliphatic carbocycles. The summed E-state index contributed by atoms with van der Waals surface area (Å²) in [6.07, 6.45) is 0.956. The Kier molecular flexibility index (Phi) is 3.74. The van der Waals surface area contributed by atoms with Crippen molar-refractivity contribution in [1.29, 1.82) is 0 Å². The molecule has 1 N–H and O–H groups in total. The monoisotopic (exact) mass is 270 g/mol. The molecule has 0 bridgehead atoms. The van der Waals surface area contributed by atoms with E-state index in [9.17, 15) is 0 Å². The number of nitrogens with one attached hydrogen (secondary N) is 1. The zero-order chi connectivity index (χ0) is 11.5. The number of aryl methyl sites for hydroxylation is 1. The van der Waals surface area contributed by atoms with Gasteiger partial charge in [-0.25, -0.2) is 4.09 Å². The van der Waals surface area contributed by atoms with Gasteiger partial charge in [-0.1, -0.05) is 30.7 Å². The Morgan fingerprint density at radius 2 is 2.06 bits per heavy atom.